The number of hydrogen-bond donors (Lipinski definition) is 2. The molecule has 1 aliphatic carbocycles. The van der Waals surface area contributed by atoms with Crippen molar-refractivity contribution in [3.8, 4) is 0 Å². The molecule has 1 heterocycles. The molecule has 4 heteroatoms. The minimum atomic E-state index is -0.811. The van der Waals surface area contributed by atoms with Crippen LogP contribution >= 0.6 is 0 Å². The summed E-state index contributed by atoms with van der Waals surface area (Å²) in [5.41, 5.74) is 5.51. The fourth-order valence-corrected chi connectivity index (χ4v) is 2.59. The maximum absolute atomic E-state index is 12.1. The van der Waals surface area contributed by atoms with Crippen LogP contribution in [0.5, 0.6) is 0 Å². The van der Waals surface area contributed by atoms with Crippen LogP contribution in [0.1, 0.15) is 34.1 Å². The smallest absolute Gasteiger partial charge is 0.242 e. The molecule has 2 fully saturated rings. The number of rotatable bonds is 2. The summed E-state index contributed by atoms with van der Waals surface area (Å²) in [7, 11) is 0. The molecule has 16 heavy (non-hydrogen) atoms. The van der Waals surface area contributed by atoms with Crippen molar-refractivity contribution in [3.63, 3.8) is 0 Å². The van der Waals surface area contributed by atoms with E-state index in [1.54, 1.807) is 0 Å². The Balaban J connectivity index is 2.00. The Kier molecular flexibility index (Phi) is 2.37. The lowest BCUT2D eigenvalue weighted by atomic mass is 9.99. The van der Waals surface area contributed by atoms with Crippen molar-refractivity contribution in [1.29, 1.82) is 0 Å². The Bertz CT molecular complexity index is 303. The van der Waals surface area contributed by atoms with E-state index in [0.29, 0.717) is 19.6 Å². The third kappa shape index (κ3) is 1.47. The Morgan fingerprint density at radius 2 is 1.88 bits per heavy atom. The molecular weight excluding hydrogens is 204 g/mol. The standard InChI is InChI=1S/C12H22N2O2/c1-10(2)8(11(10,3)4)14-9(15)12(13)5-6-16-7-12/h8H,5-7,13H2,1-4H3,(H,14,15). The molecule has 1 amide bonds. The zero-order valence-electron chi connectivity index (χ0n) is 10.6. The molecular formula is C12H22N2O2. The predicted molar refractivity (Wildman–Crippen MR) is 61.8 cm³/mol. The molecule has 1 atom stereocenters. The van der Waals surface area contributed by atoms with Crippen LogP contribution < -0.4 is 11.1 Å². The van der Waals surface area contributed by atoms with Crippen molar-refractivity contribution in [2.75, 3.05) is 13.2 Å². The number of nitrogens with one attached hydrogen (secondary N) is 1. The van der Waals surface area contributed by atoms with Crippen LogP contribution in [0.2, 0.25) is 0 Å². The van der Waals surface area contributed by atoms with E-state index < -0.39 is 5.54 Å². The summed E-state index contributed by atoms with van der Waals surface area (Å²) in [5, 5.41) is 3.07. The molecule has 92 valence electrons. The fourth-order valence-electron chi connectivity index (χ4n) is 2.59. The second kappa shape index (κ2) is 3.20. The average Bonchev–Trinajstić information content (AvgIpc) is 2.59. The highest BCUT2D eigenvalue weighted by atomic mass is 16.5. The van der Waals surface area contributed by atoms with Crippen LogP contribution in [-0.2, 0) is 9.53 Å². The van der Waals surface area contributed by atoms with Crippen molar-refractivity contribution in [2.45, 2.75) is 45.7 Å². The average molecular weight is 226 g/mol. The maximum atomic E-state index is 12.1. The first-order chi connectivity index (χ1) is 7.22. The summed E-state index contributed by atoms with van der Waals surface area (Å²) in [5.74, 6) is -0.0614. The highest BCUT2D eigenvalue weighted by Crippen LogP contribution is 2.62. The first-order valence-corrected chi connectivity index (χ1v) is 5.89. The lowest BCUT2D eigenvalue weighted by Gasteiger charge is -2.21. The normalized spacial score (nSPS) is 36.1. The van der Waals surface area contributed by atoms with E-state index in [1.807, 2.05) is 0 Å². The van der Waals surface area contributed by atoms with Crippen molar-refractivity contribution in [3.05, 3.63) is 0 Å². The van der Waals surface area contributed by atoms with Gasteiger partial charge in [0.15, 0.2) is 0 Å². The fraction of sp³-hybridized carbons (Fsp3) is 0.917. The van der Waals surface area contributed by atoms with Crippen LogP contribution in [-0.4, -0.2) is 30.7 Å². The zero-order valence-corrected chi connectivity index (χ0v) is 10.6. The van der Waals surface area contributed by atoms with E-state index in [1.165, 1.54) is 0 Å². The minimum Gasteiger partial charge on any atom is -0.379 e. The van der Waals surface area contributed by atoms with Gasteiger partial charge in [-0.1, -0.05) is 27.7 Å². The van der Waals surface area contributed by atoms with Gasteiger partial charge in [0.25, 0.3) is 0 Å². The van der Waals surface area contributed by atoms with Gasteiger partial charge in [-0.25, -0.2) is 0 Å². The van der Waals surface area contributed by atoms with Crippen LogP contribution in [0.25, 0.3) is 0 Å². The van der Waals surface area contributed by atoms with Gasteiger partial charge >= 0.3 is 0 Å². The molecule has 2 aliphatic rings. The van der Waals surface area contributed by atoms with Crippen molar-refractivity contribution in [1.82, 2.24) is 5.32 Å². The van der Waals surface area contributed by atoms with Gasteiger partial charge < -0.3 is 15.8 Å². The number of hydrogen-bond acceptors (Lipinski definition) is 3. The molecule has 0 aromatic heterocycles. The number of amides is 1. The molecule has 0 bridgehead atoms. The molecule has 1 unspecified atom stereocenters. The van der Waals surface area contributed by atoms with Gasteiger partial charge in [-0.05, 0) is 17.3 Å². The van der Waals surface area contributed by atoms with Gasteiger partial charge in [0.2, 0.25) is 5.91 Å². The number of carbonyl (C=O) groups is 1. The second-order valence-electron chi connectivity index (χ2n) is 6.31. The second-order valence-corrected chi connectivity index (χ2v) is 6.31. The third-order valence-corrected chi connectivity index (χ3v) is 4.80. The van der Waals surface area contributed by atoms with Gasteiger partial charge in [-0.3, -0.25) is 4.79 Å². The molecule has 0 aromatic rings. The Morgan fingerprint density at radius 3 is 2.25 bits per heavy atom. The first kappa shape index (κ1) is 11.9. The van der Waals surface area contributed by atoms with Crippen LogP contribution in [0, 0.1) is 10.8 Å². The van der Waals surface area contributed by atoms with Gasteiger partial charge in [0, 0.05) is 12.6 Å². The van der Waals surface area contributed by atoms with E-state index in [2.05, 4.69) is 33.0 Å². The highest BCUT2D eigenvalue weighted by Gasteiger charge is 2.66. The molecule has 1 aliphatic heterocycles. The molecule has 0 aromatic carbocycles. The van der Waals surface area contributed by atoms with Crippen LogP contribution in [0.15, 0.2) is 0 Å². The molecule has 2 rings (SSSR count). The van der Waals surface area contributed by atoms with E-state index in [0.717, 1.165) is 0 Å². The summed E-state index contributed by atoms with van der Waals surface area (Å²) in [6, 6.07) is 0.216. The topological polar surface area (TPSA) is 64.4 Å². The monoisotopic (exact) mass is 226 g/mol. The van der Waals surface area contributed by atoms with Gasteiger partial charge in [0.1, 0.15) is 5.54 Å². The van der Waals surface area contributed by atoms with Crippen molar-refractivity contribution in [2.24, 2.45) is 16.6 Å². The SMILES string of the molecule is CC1(C)C(NC(=O)C2(N)CCOC2)C1(C)C. The number of carbonyl (C=O) groups excluding carboxylic acids is 1. The van der Waals surface area contributed by atoms with E-state index in [4.69, 9.17) is 10.5 Å². The van der Waals surface area contributed by atoms with E-state index in [-0.39, 0.29) is 22.8 Å². The lowest BCUT2D eigenvalue weighted by molar-refractivity contribution is -0.126. The first-order valence-electron chi connectivity index (χ1n) is 5.89. The summed E-state index contributed by atoms with van der Waals surface area (Å²) in [4.78, 5) is 12.1. The van der Waals surface area contributed by atoms with E-state index >= 15 is 0 Å². The summed E-state index contributed by atoms with van der Waals surface area (Å²) >= 11 is 0. The lowest BCUT2D eigenvalue weighted by Crippen LogP contribution is -2.55. The quantitative estimate of drug-likeness (QED) is 0.727. The highest BCUT2D eigenvalue weighted by molar-refractivity contribution is 5.87. The molecule has 4 nitrogen and oxygen atoms in total. The summed E-state index contributed by atoms with van der Waals surface area (Å²) in [6.45, 7) is 9.62. The van der Waals surface area contributed by atoms with Gasteiger partial charge in [-0.2, -0.15) is 0 Å². The van der Waals surface area contributed by atoms with E-state index in [9.17, 15) is 4.79 Å². The Labute approximate surface area is 96.9 Å². The van der Waals surface area contributed by atoms with Crippen LogP contribution in [0.4, 0.5) is 0 Å². The van der Waals surface area contributed by atoms with Crippen molar-refractivity contribution >= 4 is 5.91 Å². The Hall–Kier alpha value is -0.610. The maximum Gasteiger partial charge on any atom is 0.242 e. The van der Waals surface area contributed by atoms with Crippen molar-refractivity contribution < 1.29 is 9.53 Å². The molecule has 0 radical (unpaired) electrons. The zero-order chi connectivity index (χ0) is 12.2. The summed E-state index contributed by atoms with van der Waals surface area (Å²) in [6.07, 6.45) is 0.617. The predicted octanol–water partition coefficient (Wildman–Crippen LogP) is 0.655. The molecule has 1 saturated carbocycles. The summed E-state index contributed by atoms with van der Waals surface area (Å²) < 4.78 is 5.20. The van der Waals surface area contributed by atoms with Gasteiger partial charge in [0.05, 0.1) is 6.61 Å². The number of ether oxygens (including phenoxy) is 1. The molecule has 0 spiro atoms. The number of nitrogens with two attached hydrogens (primary N) is 1. The largest absolute Gasteiger partial charge is 0.379 e. The third-order valence-electron chi connectivity index (χ3n) is 4.80. The van der Waals surface area contributed by atoms with Gasteiger partial charge in [-0.15, -0.1) is 0 Å². The van der Waals surface area contributed by atoms with Crippen LogP contribution in [0.3, 0.4) is 0 Å². The molecule has 3 N–H and O–H groups in total. The Morgan fingerprint density at radius 1 is 1.31 bits per heavy atom. The molecule has 1 saturated heterocycles. The minimum absolute atomic E-state index is 0.0614.